The number of halogens is 2. The van der Waals surface area contributed by atoms with Gasteiger partial charge in [0.05, 0.1) is 23.3 Å². The Morgan fingerprint density at radius 2 is 1.83 bits per heavy atom. The highest BCUT2D eigenvalue weighted by Crippen LogP contribution is 2.38. The first-order chi connectivity index (χ1) is 14.5. The molecule has 8 heteroatoms. The maximum Gasteiger partial charge on any atom is 0.233 e. The van der Waals surface area contributed by atoms with Gasteiger partial charge < -0.3 is 9.64 Å². The molecule has 5 nitrogen and oxygen atoms in total. The summed E-state index contributed by atoms with van der Waals surface area (Å²) in [4.78, 5) is 21.9. The van der Waals surface area contributed by atoms with Crippen molar-refractivity contribution in [1.29, 1.82) is 0 Å². The van der Waals surface area contributed by atoms with Gasteiger partial charge in [0.1, 0.15) is 17.1 Å². The van der Waals surface area contributed by atoms with Crippen molar-refractivity contribution in [2.75, 3.05) is 38.2 Å². The number of methoxy groups -OCH3 is 1. The number of fused-ring (bicyclic) bond motifs is 1. The van der Waals surface area contributed by atoms with E-state index in [1.165, 1.54) is 23.5 Å². The number of thiazole rings is 1. The van der Waals surface area contributed by atoms with Crippen LogP contribution in [0.25, 0.3) is 10.2 Å². The van der Waals surface area contributed by atoms with Crippen LogP contribution in [-0.2, 0) is 11.2 Å². The minimum Gasteiger partial charge on any atom is -0.494 e. The summed E-state index contributed by atoms with van der Waals surface area (Å²) < 4.78 is 19.4. The molecule has 0 aliphatic rings. The third kappa shape index (κ3) is 5.09. The first-order valence-electron chi connectivity index (χ1n) is 9.87. The molecule has 3 rings (SSSR count). The Hall–Kier alpha value is -2.22. The van der Waals surface area contributed by atoms with Crippen LogP contribution >= 0.6 is 22.9 Å². The Morgan fingerprint density at radius 3 is 2.47 bits per heavy atom. The Bertz CT molecular complexity index is 1010. The number of nitrogens with zero attached hydrogens (tertiary/aromatic N) is 3. The van der Waals surface area contributed by atoms with E-state index in [1.807, 2.05) is 0 Å². The van der Waals surface area contributed by atoms with Crippen LogP contribution in [0.2, 0.25) is 5.02 Å². The average molecular weight is 450 g/mol. The third-order valence-corrected chi connectivity index (χ3v) is 6.54. The smallest absolute Gasteiger partial charge is 0.233 e. The summed E-state index contributed by atoms with van der Waals surface area (Å²) in [5.41, 5.74) is 1.40. The van der Waals surface area contributed by atoms with Crippen molar-refractivity contribution in [3.8, 4) is 5.75 Å². The predicted octanol–water partition coefficient (Wildman–Crippen LogP) is 5.01. The number of rotatable bonds is 9. The summed E-state index contributed by atoms with van der Waals surface area (Å²) >= 11 is 7.74. The number of carbonyl (C=O) groups excluding carboxylic acids is 1. The highest BCUT2D eigenvalue weighted by molar-refractivity contribution is 7.23. The molecular weight excluding hydrogens is 425 g/mol. The molecule has 0 aliphatic heterocycles. The van der Waals surface area contributed by atoms with Gasteiger partial charge in [-0.25, -0.2) is 9.37 Å². The number of hydrogen-bond donors (Lipinski definition) is 0. The molecule has 160 valence electrons. The molecule has 30 heavy (non-hydrogen) atoms. The van der Waals surface area contributed by atoms with Crippen LogP contribution < -0.4 is 9.64 Å². The van der Waals surface area contributed by atoms with E-state index >= 15 is 0 Å². The summed E-state index contributed by atoms with van der Waals surface area (Å²) in [6.45, 7) is 7.21. The van der Waals surface area contributed by atoms with Gasteiger partial charge in [-0.15, -0.1) is 0 Å². The van der Waals surface area contributed by atoms with Crippen molar-refractivity contribution in [3.63, 3.8) is 0 Å². The Balaban J connectivity index is 1.94. The van der Waals surface area contributed by atoms with Crippen molar-refractivity contribution in [2.45, 2.75) is 20.3 Å². The lowest BCUT2D eigenvalue weighted by Crippen LogP contribution is -2.39. The van der Waals surface area contributed by atoms with Crippen molar-refractivity contribution >= 4 is 44.2 Å². The van der Waals surface area contributed by atoms with E-state index in [0.29, 0.717) is 28.0 Å². The zero-order valence-electron chi connectivity index (χ0n) is 17.3. The van der Waals surface area contributed by atoms with E-state index in [9.17, 15) is 9.18 Å². The molecule has 1 aromatic heterocycles. The van der Waals surface area contributed by atoms with Gasteiger partial charge in [0.15, 0.2) is 5.13 Å². The minimum absolute atomic E-state index is 0.0945. The highest BCUT2D eigenvalue weighted by atomic mass is 35.5. The van der Waals surface area contributed by atoms with Gasteiger partial charge in [-0.2, -0.15) is 0 Å². The molecule has 0 unspecified atom stereocenters. The van der Waals surface area contributed by atoms with Crippen molar-refractivity contribution in [3.05, 3.63) is 52.8 Å². The number of likely N-dealkylation sites (N-methyl/N-ethyl adjacent to an activating group) is 1. The molecule has 0 atom stereocenters. The fraction of sp³-hybridized carbons (Fsp3) is 0.364. The fourth-order valence-electron chi connectivity index (χ4n) is 3.20. The predicted molar refractivity (Wildman–Crippen MR) is 121 cm³/mol. The van der Waals surface area contributed by atoms with Crippen LogP contribution in [0.5, 0.6) is 5.75 Å². The van der Waals surface area contributed by atoms with E-state index in [1.54, 1.807) is 36.3 Å². The lowest BCUT2D eigenvalue weighted by Gasteiger charge is -2.24. The van der Waals surface area contributed by atoms with Crippen molar-refractivity contribution < 1.29 is 13.9 Å². The number of anilines is 1. The van der Waals surface area contributed by atoms with Crippen LogP contribution in [0.1, 0.15) is 19.4 Å². The number of benzene rings is 2. The summed E-state index contributed by atoms with van der Waals surface area (Å²) in [6.07, 6.45) is 0.166. The number of ether oxygens (including phenoxy) is 1. The van der Waals surface area contributed by atoms with Crippen molar-refractivity contribution in [2.24, 2.45) is 0 Å². The highest BCUT2D eigenvalue weighted by Gasteiger charge is 2.22. The normalized spacial score (nSPS) is 11.3. The van der Waals surface area contributed by atoms with E-state index in [4.69, 9.17) is 16.3 Å². The Labute approximate surface area is 185 Å². The SMILES string of the molecule is CCN(CC)CCN(C(=O)Cc1ccc(F)cc1)c1nc2c(OC)ccc(Cl)c2s1. The second-order valence-electron chi connectivity index (χ2n) is 6.80. The number of hydrogen-bond acceptors (Lipinski definition) is 5. The Kier molecular flexibility index (Phi) is 7.64. The van der Waals surface area contributed by atoms with Gasteiger partial charge in [0.2, 0.25) is 5.91 Å². The molecule has 0 saturated carbocycles. The lowest BCUT2D eigenvalue weighted by atomic mass is 10.1. The molecule has 0 radical (unpaired) electrons. The molecule has 3 aromatic rings. The summed E-state index contributed by atoms with van der Waals surface area (Å²) in [7, 11) is 1.58. The maximum atomic E-state index is 13.2. The van der Waals surface area contributed by atoms with Crippen LogP contribution in [0, 0.1) is 5.82 Å². The van der Waals surface area contributed by atoms with E-state index in [2.05, 4.69) is 23.7 Å². The molecule has 2 aromatic carbocycles. The van der Waals surface area contributed by atoms with Gasteiger partial charge in [0.25, 0.3) is 0 Å². The van der Waals surface area contributed by atoms with Crippen LogP contribution in [0.15, 0.2) is 36.4 Å². The lowest BCUT2D eigenvalue weighted by molar-refractivity contribution is -0.118. The standard InChI is InChI=1S/C22H25ClFN3O2S/c1-4-26(5-2)12-13-27(19(28)14-15-6-8-16(24)9-7-15)22-25-20-18(29-3)11-10-17(23)21(20)30-22/h6-11H,4-5,12-14H2,1-3H3. The minimum atomic E-state index is -0.322. The Morgan fingerprint density at radius 1 is 1.13 bits per heavy atom. The first-order valence-corrected chi connectivity index (χ1v) is 11.1. The number of amides is 1. The molecule has 0 saturated heterocycles. The molecule has 1 amide bonds. The van der Waals surface area contributed by atoms with E-state index in [0.717, 1.165) is 29.9 Å². The first kappa shape index (κ1) is 22.5. The van der Waals surface area contributed by atoms with Gasteiger partial charge >= 0.3 is 0 Å². The zero-order chi connectivity index (χ0) is 21.7. The van der Waals surface area contributed by atoms with Crippen molar-refractivity contribution in [1.82, 2.24) is 9.88 Å². The molecule has 0 bridgehead atoms. The zero-order valence-corrected chi connectivity index (χ0v) is 18.9. The van der Waals surface area contributed by atoms with E-state index < -0.39 is 0 Å². The molecule has 0 fully saturated rings. The quantitative estimate of drug-likeness (QED) is 0.460. The average Bonchev–Trinajstić information content (AvgIpc) is 3.19. The topological polar surface area (TPSA) is 45.7 Å². The number of aromatic nitrogens is 1. The second kappa shape index (κ2) is 10.2. The fourth-order valence-corrected chi connectivity index (χ4v) is 4.50. The third-order valence-electron chi connectivity index (χ3n) is 5.00. The summed E-state index contributed by atoms with van der Waals surface area (Å²) in [6, 6.07) is 9.54. The number of carbonyl (C=O) groups is 1. The van der Waals surface area contributed by atoms with Gasteiger partial charge in [0, 0.05) is 13.1 Å². The van der Waals surface area contributed by atoms with Gasteiger partial charge in [-0.3, -0.25) is 9.69 Å². The molecule has 0 aliphatic carbocycles. The largest absolute Gasteiger partial charge is 0.494 e. The van der Waals surface area contributed by atoms with Crippen LogP contribution in [0.3, 0.4) is 0 Å². The van der Waals surface area contributed by atoms with Gasteiger partial charge in [-0.05, 0) is 42.9 Å². The van der Waals surface area contributed by atoms with Crippen LogP contribution in [0.4, 0.5) is 9.52 Å². The monoisotopic (exact) mass is 449 g/mol. The van der Waals surface area contributed by atoms with Crippen LogP contribution in [-0.4, -0.2) is 49.1 Å². The molecule has 0 spiro atoms. The molecule has 1 heterocycles. The molecular formula is C22H25ClFN3O2S. The van der Waals surface area contributed by atoms with Gasteiger partial charge in [-0.1, -0.05) is 48.9 Å². The summed E-state index contributed by atoms with van der Waals surface area (Å²) in [5.74, 6) is 0.201. The van der Waals surface area contributed by atoms with E-state index in [-0.39, 0.29) is 18.1 Å². The summed E-state index contributed by atoms with van der Waals surface area (Å²) in [5, 5.41) is 1.15. The second-order valence-corrected chi connectivity index (χ2v) is 8.18. The maximum absolute atomic E-state index is 13.2. The molecule has 0 N–H and O–H groups in total.